The molecule has 0 radical (unpaired) electrons. The van der Waals surface area contributed by atoms with Gasteiger partial charge in [0.05, 0.1) is 12.8 Å². The normalized spacial score (nSPS) is 14.7. The van der Waals surface area contributed by atoms with Crippen LogP contribution >= 0.6 is 0 Å². The molecule has 0 unspecified atom stereocenters. The Morgan fingerprint density at radius 2 is 2.00 bits per heavy atom. The summed E-state index contributed by atoms with van der Waals surface area (Å²) in [5.74, 6) is 0.279. The summed E-state index contributed by atoms with van der Waals surface area (Å²) < 4.78 is 19.7. The van der Waals surface area contributed by atoms with Gasteiger partial charge < -0.3 is 14.5 Å². The van der Waals surface area contributed by atoms with Crippen LogP contribution in [0.5, 0.6) is 0 Å². The molecule has 9 nitrogen and oxygen atoms in total. The molecule has 3 heterocycles. The zero-order valence-corrected chi connectivity index (χ0v) is 14.0. The van der Waals surface area contributed by atoms with E-state index < -0.39 is 0 Å². The van der Waals surface area contributed by atoms with Gasteiger partial charge in [-0.3, -0.25) is 0 Å². The van der Waals surface area contributed by atoms with Crippen molar-refractivity contribution >= 4 is 23.1 Å². The van der Waals surface area contributed by atoms with E-state index in [0.29, 0.717) is 48.8 Å². The maximum atomic E-state index is 13.5. The molecule has 10 heteroatoms. The predicted molar refractivity (Wildman–Crippen MR) is 90.6 cm³/mol. The molecule has 1 saturated heterocycles. The van der Waals surface area contributed by atoms with E-state index in [4.69, 9.17) is 4.74 Å². The van der Waals surface area contributed by atoms with Crippen molar-refractivity contribution in [3.8, 4) is 5.69 Å². The van der Waals surface area contributed by atoms with Crippen LogP contribution < -0.4 is 4.90 Å². The lowest BCUT2D eigenvalue weighted by Crippen LogP contribution is -2.49. The molecule has 0 spiro atoms. The Bertz CT molecular complexity index is 953. The Balaban J connectivity index is 1.65. The molecule has 134 valence electrons. The SMILES string of the molecule is COC(=O)N1CCN(c2ncnc3c2nnn3-c2cccc(F)c2)CC1. The van der Waals surface area contributed by atoms with E-state index in [-0.39, 0.29) is 11.9 Å². The summed E-state index contributed by atoms with van der Waals surface area (Å²) in [5.41, 5.74) is 1.56. The second-order valence-electron chi connectivity index (χ2n) is 5.79. The molecule has 0 atom stereocenters. The Kier molecular flexibility index (Phi) is 4.07. The van der Waals surface area contributed by atoms with Crippen molar-refractivity contribution < 1.29 is 13.9 Å². The van der Waals surface area contributed by atoms with Crippen molar-refractivity contribution in [2.24, 2.45) is 0 Å². The van der Waals surface area contributed by atoms with Crippen LogP contribution in [0.1, 0.15) is 0 Å². The predicted octanol–water partition coefficient (Wildman–Crippen LogP) is 1.24. The van der Waals surface area contributed by atoms with Gasteiger partial charge in [0, 0.05) is 26.2 Å². The highest BCUT2D eigenvalue weighted by Crippen LogP contribution is 2.23. The molecule has 1 aliphatic heterocycles. The molecular weight excluding hydrogens is 341 g/mol. The minimum atomic E-state index is -0.362. The van der Waals surface area contributed by atoms with Crippen LogP contribution in [-0.4, -0.2) is 69.2 Å². The van der Waals surface area contributed by atoms with Gasteiger partial charge in [-0.1, -0.05) is 11.3 Å². The van der Waals surface area contributed by atoms with Crippen molar-refractivity contribution in [1.82, 2.24) is 29.9 Å². The van der Waals surface area contributed by atoms with Gasteiger partial charge >= 0.3 is 6.09 Å². The first-order valence-electron chi connectivity index (χ1n) is 8.07. The van der Waals surface area contributed by atoms with Crippen molar-refractivity contribution in [2.75, 3.05) is 38.2 Å². The van der Waals surface area contributed by atoms with Gasteiger partial charge in [-0.25, -0.2) is 19.2 Å². The van der Waals surface area contributed by atoms with E-state index in [1.54, 1.807) is 17.0 Å². The monoisotopic (exact) mass is 357 g/mol. The van der Waals surface area contributed by atoms with E-state index in [2.05, 4.69) is 20.3 Å². The van der Waals surface area contributed by atoms with Crippen LogP contribution in [0.15, 0.2) is 30.6 Å². The van der Waals surface area contributed by atoms with Gasteiger partial charge in [0.15, 0.2) is 17.0 Å². The lowest BCUT2D eigenvalue weighted by atomic mass is 10.3. The van der Waals surface area contributed by atoms with Gasteiger partial charge in [0.1, 0.15) is 12.1 Å². The largest absolute Gasteiger partial charge is 0.453 e. The molecule has 26 heavy (non-hydrogen) atoms. The molecule has 0 N–H and O–H groups in total. The van der Waals surface area contributed by atoms with Crippen LogP contribution in [0.4, 0.5) is 15.0 Å². The number of hydrogen-bond acceptors (Lipinski definition) is 7. The summed E-state index contributed by atoms with van der Waals surface area (Å²) in [5, 5.41) is 8.29. The van der Waals surface area contributed by atoms with Crippen molar-refractivity contribution in [3.63, 3.8) is 0 Å². The Hall–Kier alpha value is -3.30. The smallest absolute Gasteiger partial charge is 0.409 e. The van der Waals surface area contributed by atoms with Crippen molar-refractivity contribution in [3.05, 3.63) is 36.4 Å². The molecule has 0 saturated carbocycles. The molecule has 1 aliphatic rings. The number of carbonyl (C=O) groups is 1. The van der Waals surface area contributed by atoms with Crippen molar-refractivity contribution in [1.29, 1.82) is 0 Å². The first kappa shape index (κ1) is 16.2. The minimum Gasteiger partial charge on any atom is -0.453 e. The summed E-state index contributed by atoms with van der Waals surface area (Å²) in [7, 11) is 1.37. The third-order valence-corrected chi connectivity index (χ3v) is 4.28. The van der Waals surface area contributed by atoms with E-state index in [1.807, 2.05) is 4.90 Å². The Labute approximate surface area is 148 Å². The summed E-state index contributed by atoms with van der Waals surface area (Å²) in [6, 6.07) is 6.06. The van der Waals surface area contributed by atoms with E-state index >= 15 is 0 Å². The maximum Gasteiger partial charge on any atom is 0.409 e. The highest BCUT2D eigenvalue weighted by molar-refractivity contribution is 5.83. The molecule has 4 rings (SSSR count). The fraction of sp³-hybridized carbons (Fsp3) is 0.312. The number of fused-ring (bicyclic) bond motifs is 1. The fourth-order valence-electron chi connectivity index (χ4n) is 2.98. The molecule has 1 aromatic carbocycles. The first-order valence-corrected chi connectivity index (χ1v) is 8.07. The number of rotatable bonds is 2. The molecular formula is C16H16FN7O2. The summed E-state index contributed by atoms with van der Waals surface area (Å²) in [4.78, 5) is 23.9. The maximum absolute atomic E-state index is 13.5. The topological polar surface area (TPSA) is 89.3 Å². The average Bonchev–Trinajstić information content (AvgIpc) is 3.12. The molecule has 0 aliphatic carbocycles. The number of nitrogens with zero attached hydrogens (tertiary/aromatic N) is 7. The van der Waals surface area contributed by atoms with Crippen LogP contribution in [0.25, 0.3) is 16.9 Å². The number of benzene rings is 1. The van der Waals surface area contributed by atoms with Crippen LogP contribution in [0.2, 0.25) is 0 Å². The lowest BCUT2D eigenvalue weighted by Gasteiger charge is -2.34. The van der Waals surface area contributed by atoms with Crippen LogP contribution in [0, 0.1) is 5.82 Å². The highest BCUT2D eigenvalue weighted by atomic mass is 19.1. The second kappa shape index (κ2) is 6.54. The van der Waals surface area contributed by atoms with Gasteiger partial charge in [-0.05, 0) is 18.2 Å². The second-order valence-corrected chi connectivity index (χ2v) is 5.79. The van der Waals surface area contributed by atoms with Crippen molar-refractivity contribution in [2.45, 2.75) is 0 Å². The number of hydrogen-bond donors (Lipinski definition) is 0. The molecule has 1 fully saturated rings. The standard InChI is InChI=1S/C16H16FN7O2/c1-26-16(25)23-7-5-22(6-8-23)14-13-15(19-10-18-14)24(21-20-13)12-4-2-3-11(17)9-12/h2-4,9-10H,5-8H2,1H3. The van der Waals surface area contributed by atoms with Gasteiger partial charge in [-0.2, -0.15) is 4.68 Å². The zero-order valence-electron chi connectivity index (χ0n) is 14.0. The van der Waals surface area contributed by atoms with E-state index in [0.717, 1.165) is 0 Å². The number of carbonyl (C=O) groups excluding carboxylic acids is 1. The van der Waals surface area contributed by atoms with Crippen LogP contribution in [0.3, 0.4) is 0 Å². The quantitative estimate of drug-likeness (QED) is 0.682. The highest BCUT2D eigenvalue weighted by Gasteiger charge is 2.25. The number of halogens is 1. The number of piperazine rings is 1. The minimum absolute atomic E-state index is 0.338. The first-order chi connectivity index (χ1) is 12.7. The fourth-order valence-corrected chi connectivity index (χ4v) is 2.98. The Morgan fingerprint density at radius 3 is 2.73 bits per heavy atom. The molecule has 2 aromatic heterocycles. The Morgan fingerprint density at radius 1 is 1.19 bits per heavy atom. The summed E-state index contributed by atoms with van der Waals surface area (Å²) in [6.45, 7) is 2.23. The van der Waals surface area contributed by atoms with E-state index in [9.17, 15) is 9.18 Å². The molecule has 3 aromatic rings. The number of methoxy groups -OCH3 is 1. The van der Waals surface area contributed by atoms with E-state index in [1.165, 1.54) is 30.3 Å². The zero-order chi connectivity index (χ0) is 18.1. The molecule has 1 amide bonds. The summed E-state index contributed by atoms with van der Waals surface area (Å²) in [6.07, 6.45) is 1.10. The van der Waals surface area contributed by atoms with Crippen LogP contribution in [-0.2, 0) is 4.74 Å². The number of ether oxygens (including phenoxy) is 1. The number of amides is 1. The third kappa shape index (κ3) is 2.79. The average molecular weight is 357 g/mol. The summed E-state index contributed by atoms with van der Waals surface area (Å²) >= 11 is 0. The number of anilines is 1. The molecule has 0 bridgehead atoms. The van der Waals surface area contributed by atoms with Gasteiger partial charge in [-0.15, -0.1) is 5.10 Å². The van der Waals surface area contributed by atoms with Gasteiger partial charge in [0.25, 0.3) is 0 Å². The van der Waals surface area contributed by atoms with Gasteiger partial charge in [0.2, 0.25) is 0 Å². The third-order valence-electron chi connectivity index (χ3n) is 4.28. The number of aromatic nitrogens is 5. The lowest BCUT2D eigenvalue weighted by molar-refractivity contribution is 0.121.